The Labute approximate surface area is 170 Å². The van der Waals surface area contributed by atoms with Crippen LogP contribution < -0.4 is 5.32 Å². The third kappa shape index (κ3) is 4.08. The van der Waals surface area contributed by atoms with E-state index in [1.807, 2.05) is 0 Å². The second kappa shape index (κ2) is 7.93. The SMILES string of the molecule is O=C(c1cnc2ccc(F)cc2c1NCc1cccc(C(F)(F)F)c1)N1CCCC1. The molecule has 1 fully saturated rings. The molecule has 156 valence electrons. The van der Waals surface area contributed by atoms with E-state index in [1.54, 1.807) is 11.0 Å². The lowest BCUT2D eigenvalue weighted by atomic mass is 10.1. The number of rotatable bonds is 4. The molecular weight excluding hydrogens is 398 g/mol. The molecule has 1 N–H and O–H groups in total. The van der Waals surface area contributed by atoms with Crippen molar-refractivity contribution in [1.29, 1.82) is 0 Å². The topological polar surface area (TPSA) is 45.2 Å². The Bertz CT molecular complexity index is 1090. The number of anilines is 1. The van der Waals surface area contributed by atoms with Crippen molar-refractivity contribution in [3.63, 3.8) is 0 Å². The maximum absolute atomic E-state index is 13.9. The molecule has 1 aliphatic heterocycles. The smallest absolute Gasteiger partial charge is 0.380 e. The van der Waals surface area contributed by atoms with E-state index in [-0.39, 0.29) is 18.0 Å². The Morgan fingerprint density at radius 1 is 1.10 bits per heavy atom. The normalized spacial score (nSPS) is 14.3. The first kappa shape index (κ1) is 20.1. The van der Waals surface area contributed by atoms with E-state index in [1.165, 1.54) is 30.5 Å². The van der Waals surface area contributed by atoms with Gasteiger partial charge >= 0.3 is 6.18 Å². The highest BCUT2D eigenvalue weighted by molar-refractivity contribution is 6.07. The number of hydrogen-bond acceptors (Lipinski definition) is 3. The van der Waals surface area contributed by atoms with Gasteiger partial charge in [-0.25, -0.2) is 4.39 Å². The summed E-state index contributed by atoms with van der Waals surface area (Å²) in [6, 6.07) is 9.01. The van der Waals surface area contributed by atoms with Gasteiger partial charge in [0.25, 0.3) is 5.91 Å². The van der Waals surface area contributed by atoms with Gasteiger partial charge in [-0.05, 0) is 48.7 Å². The van der Waals surface area contributed by atoms with Gasteiger partial charge in [0.1, 0.15) is 5.82 Å². The molecule has 4 rings (SSSR count). The summed E-state index contributed by atoms with van der Waals surface area (Å²) in [6.07, 6.45) is -1.18. The van der Waals surface area contributed by atoms with Crippen LogP contribution in [0.5, 0.6) is 0 Å². The molecule has 8 heteroatoms. The molecule has 0 spiro atoms. The average molecular weight is 417 g/mol. The third-order valence-electron chi connectivity index (χ3n) is 5.18. The van der Waals surface area contributed by atoms with Crippen LogP contribution in [0.4, 0.5) is 23.2 Å². The van der Waals surface area contributed by atoms with Crippen LogP contribution in [0.15, 0.2) is 48.7 Å². The Kier molecular flexibility index (Phi) is 5.32. The summed E-state index contributed by atoms with van der Waals surface area (Å²) >= 11 is 0. The van der Waals surface area contributed by atoms with E-state index < -0.39 is 17.6 Å². The van der Waals surface area contributed by atoms with Gasteiger partial charge in [-0.15, -0.1) is 0 Å². The highest BCUT2D eigenvalue weighted by Gasteiger charge is 2.30. The lowest BCUT2D eigenvalue weighted by Crippen LogP contribution is -2.28. The molecule has 0 aliphatic carbocycles. The third-order valence-corrected chi connectivity index (χ3v) is 5.18. The number of alkyl halides is 3. The number of carbonyl (C=O) groups is 1. The minimum absolute atomic E-state index is 0.0415. The van der Waals surface area contributed by atoms with Crippen molar-refractivity contribution in [3.05, 3.63) is 71.2 Å². The molecule has 0 bridgehead atoms. The number of fused-ring (bicyclic) bond motifs is 1. The van der Waals surface area contributed by atoms with Gasteiger partial charge in [-0.3, -0.25) is 9.78 Å². The van der Waals surface area contributed by atoms with E-state index in [4.69, 9.17) is 0 Å². The number of nitrogens with zero attached hydrogens (tertiary/aromatic N) is 2. The van der Waals surface area contributed by atoms with Gasteiger partial charge in [0, 0.05) is 31.2 Å². The quantitative estimate of drug-likeness (QED) is 0.591. The molecular formula is C22H19F4N3O. The lowest BCUT2D eigenvalue weighted by Gasteiger charge is -2.20. The molecule has 4 nitrogen and oxygen atoms in total. The summed E-state index contributed by atoms with van der Waals surface area (Å²) in [5, 5.41) is 3.47. The van der Waals surface area contributed by atoms with Crippen LogP contribution >= 0.6 is 0 Å². The number of halogens is 4. The first-order valence-electron chi connectivity index (χ1n) is 9.60. The molecule has 2 heterocycles. The van der Waals surface area contributed by atoms with E-state index in [0.29, 0.717) is 35.2 Å². The maximum atomic E-state index is 13.9. The zero-order valence-corrected chi connectivity index (χ0v) is 16.0. The number of hydrogen-bond donors (Lipinski definition) is 1. The van der Waals surface area contributed by atoms with Gasteiger partial charge in [-0.1, -0.05) is 12.1 Å². The molecule has 0 radical (unpaired) electrons. The van der Waals surface area contributed by atoms with Gasteiger partial charge < -0.3 is 10.2 Å². The van der Waals surface area contributed by atoms with Gasteiger partial charge in [-0.2, -0.15) is 13.2 Å². The van der Waals surface area contributed by atoms with E-state index in [2.05, 4.69) is 10.3 Å². The molecule has 2 aromatic carbocycles. The van der Waals surface area contributed by atoms with Crippen LogP contribution in [0.2, 0.25) is 0 Å². The zero-order valence-electron chi connectivity index (χ0n) is 16.0. The molecule has 1 aliphatic rings. The standard InChI is InChI=1S/C22H19F4N3O/c23-16-6-7-19-17(11-16)20(18(13-27-19)21(30)29-8-1-2-9-29)28-12-14-4-3-5-15(10-14)22(24,25)26/h3-7,10-11,13H,1-2,8-9,12H2,(H,27,28). The van der Waals surface area contributed by atoms with Crippen LogP contribution in [0.3, 0.4) is 0 Å². The largest absolute Gasteiger partial charge is 0.416 e. The summed E-state index contributed by atoms with van der Waals surface area (Å²) in [5.74, 6) is -0.713. The molecule has 1 saturated heterocycles. The Balaban J connectivity index is 1.71. The average Bonchev–Trinajstić information content (AvgIpc) is 3.26. The predicted molar refractivity (Wildman–Crippen MR) is 106 cm³/mol. The molecule has 0 saturated carbocycles. The fraction of sp³-hybridized carbons (Fsp3) is 0.273. The highest BCUT2D eigenvalue weighted by Crippen LogP contribution is 2.31. The molecule has 3 aromatic rings. The van der Waals surface area contributed by atoms with Crippen LogP contribution in [-0.2, 0) is 12.7 Å². The maximum Gasteiger partial charge on any atom is 0.416 e. The number of pyridine rings is 1. The monoisotopic (exact) mass is 417 g/mol. The summed E-state index contributed by atoms with van der Waals surface area (Å²) in [5.41, 5.74) is 0.781. The molecule has 1 aromatic heterocycles. The molecule has 0 atom stereocenters. The van der Waals surface area contributed by atoms with Crippen molar-refractivity contribution in [3.8, 4) is 0 Å². The Hall–Kier alpha value is -3.16. The van der Waals surface area contributed by atoms with Gasteiger partial charge in [0.15, 0.2) is 0 Å². The van der Waals surface area contributed by atoms with Gasteiger partial charge in [0.05, 0.1) is 22.3 Å². The van der Waals surface area contributed by atoms with E-state index in [0.717, 1.165) is 25.0 Å². The summed E-state index contributed by atoms with van der Waals surface area (Å²) < 4.78 is 52.9. The zero-order chi connectivity index (χ0) is 21.3. The first-order valence-corrected chi connectivity index (χ1v) is 9.60. The van der Waals surface area contributed by atoms with Crippen molar-refractivity contribution in [1.82, 2.24) is 9.88 Å². The van der Waals surface area contributed by atoms with E-state index >= 15 is 0 Å². The number of benzene rings is 2. The summed E-state index contributed by atoms with van der Waals surface area (Å²) in [4.78, 5) is 19.0. The predicted octanol–water partition coefficient (Wildman–Crippen LogP) is 5.24. The second-order valence-electron chi connectivity index (χ2n) is 7.26. The van der Waals surface area contributed by atoms with Crippen molar-refractivity contribution < 1.29 is 22.4 Å². The van der Waals surface area contributed by atoms with E-state index in [9.17, 15) is 22.4 Å². The summed E-state index contributed by atoms with van der Waals surface area (Å²) in [7, 11) is 0. The van der Waals surface area contributed by atoms with Crippen molar-refractivity contribution in [2.75, 3.05) is 18.4 Å². The van der Waals surface area contributed by atoms with Crippen molar-refractivity contribution in [2.45, 2.75) is 25.6 Å². The summed E-state index contributed by atoms with van der Waals surface area (Å²) in [6.45, 7) is 1.31. The lowest BCUT2D eigenvalue weighted by molar-refractivity contribution is -0.137. The number of likely N-dealkylation sites (tertiary alicyclic amines) is 1. The Morgan fingerprint density at radius 2 is 1.87 bits per heavy atom. The highest BCUT2D eigenvalue weighted by atomic mass is 19.4. The number of nitrogens with one attached hydrogen (secondary N) is 1. The number of aromatic nitrogens is 1. The van der Waals surface area contributed by atoms with Crippen LogP contribution in [-0.4, -0.2) is 28.9 Å². The minimum atomic E-state index is -4.45. The Morgan fingerprint density at radius 3 is 2.60 bits per heavy atom. The minimum Gasteiger partial charge on any atom is -0.380 e. The van der Waals surface area contributed by atoms with Crippen LogP contribution in [0.25, 0.3) is 10.9 Å². The van der Waals surface area contributed by atoms with Gasteiger partial charge in [0.2, 0.25) is 0 Å². The van der Waals surface area contributed by atoms with Crippen molar-refractivity contribution in [2.24, 2.45) is 0 Å². The molecule has 30 heavy (non-hydrogen) atoms. The van der Waals surface area contributed by atoms with Crippen molar-refractivity contribution >= 4 is 22.5 Å². The first-order chi connectivity index (χ1) is 14.3. The number of amides is 1. The molecule has 1 amide bonds. The fourth-order valence-corrected chi connectivity index (χ4v) is 3.66. The van der Waals surface area contributed by atoms with Crippen LogP contribution in [0.1, 0.15) is 34.3 Å². The number of carbonyl (C=O) groups excluding carboxylic acids is 1. The fourth-order valence-electron chi connectivity index (χ4n) is 3.66. The van der Waals surface area contributed by atoms with Crippen LogP contribution in [0, 0.1) is 5.82 Å². The molecule has 0 unspecified atom stereocenters. The second-order valence-corrected chi connectivity index (χ2v) is 7.26.